The second kappa shape index (κ2) is 5.75. The first-order chi connectivity index (χ1) is 8.29. The number of nitrogens with one attached hydrogen (secondary N) is 1. The van der Waals surface area contributed by atoms with Gasteiger partial charge in [0.2, 0.25) is 0 Å². The Balaban J connectivity index is 1.97. The van der Waals surface area contributed by atoms with Gasteiger partial charge in [0.05, 0.1) is 6.54 Å². The fraction of sp³-hybridized carbons (Fsp3) is 0.364. The third kappa shape index (κ3) is 3.25. The largest absolute Gasteiger partial charge is 0.313 e. The van der Waals surface area contributed by atoms with Crippen LogP contribution in [-0.2, 0) is 19.5 Å². The van der Waals surface area contributed by atoms with Gasteiger partial charge in [-0.15, -0.1) is 5.10 Å². The summed E-state index contributed by atoms with van der Waals surface area (Å²) >= 11 is 5.83. The number of aromatic nitrogens is 4. The molecule has 2 aromatic rings. The van der Waals surface area contributed by atoms with E-state index in [1.807, 2.05) is 36.0 Å². The van der Waals surface area contributed by atoms with Crippen molar-refractivity contribution in [2.45, 2.75) is 19.5 Å². The van der Waals surface area contributed by atoms with Crippen molar-refractivity contribution in [1.82, 2.24) is 25.5 Å². The standard InChI is InChI=1S/C11H14ClN5/c1-13-8-11-14-15-16-17(11)7-6-9-2-4-10(12)5-3-9/h2-5,13H,6-8H2,1H3. The molecule has 0 spiro atoms. The van der Waals surface area contributed by atoms with Crippen LogP contribution in [0.25, 0.3) is 0 Å². The van der Waals surface area contributed by atoms with Crippen molar-refractivity contribution >= 4 is 11.6 Å². The highest BCUT2D eigenvalue weighted by molar-refractivity contribution is 6.30. The predicted octanol–water partition coefficient (Wildman–Crippen LogP) is 1.29. The Bertz CT molecular complexity index is 465. The van der Waals surface area contributed by atoms with E-state index in [4.69, 9.17) is 11.6 Å². The van der Waals surface area contributed by atoms with Crippen molar-refractivity contribution in [3.8, 4) is 0 Å². The molecule has 0 aliphatic heterocycles. The van der Waals surface area contributed by atoms with E-state index in [1.54, 1.807) is 0 Å². The van der Waals surface area contributed by atoms with E-state index in [9.17, 15) is 0 Å². The van der Waals surface area contributed by atoms with Gasteiger partial charge in [-0.2, -0.15) is 0 Å². The van der Waals surface area contributed by atoms with Gasteiger partial charge < -0.3 is 5.32 Å². The van der Waals surface area contributed by atoms with Gasteiger partial charge >= 0.3 is 0 Å². The summed E-state index contributed by atoms with van der Waals surface area (Å²) < 4.78 is 1.81. The molecule has 0 atom stereocenters. The second-order valence-electron chi connectivity index (χ2n) is 3.73. The lowest BCUT2D eigenvalue weighted by atomic mass is 10.1. The van der Waals surface area contributed by atoms with Crippen molar-refractivity contribution in [2.24, 2.45) is 0 Å². The Kier molecular flexibility index (Phi) is 4.06. The second-order valence-corrected chi connectivity index (χ2v) is 4.16. The highest BCUT2D eigenvalue weighted by Crippen LogP contribution is 2.10. The number of tetrazole rings is 1. The lowest BCUT2D eigenvalue weighted by molar-refractivity contribution is 0.553. The quantitative estimate of drug-likeness (QED) is 0.870. The zero-order valence-corrected chi connectivity index (χ0v) is 10.4. The van der Waals surface area contributed by atoms with Crippen LogP contribution in [0.15, 0.2) is 24.3 Å². The molecule has 1 heterocycles. The predicted molar refractivity (Wildman–Crippen MR) is 65.7 cm³/mol. The smallest absolute Gasteiger partial charge is 0.165 e. The molecular formula is C11H14ClN5. The van der Waals surface area contributed by atoms with Gasteiger partial charge in [0.1, 0.15) is 0 Å². The van der Waals surface area contributed by atoms with Gasteiger partial charge in [-0.1, -0.05) is 23.7 Å². The first-order valence-corrected chi connectivity index (χ1v) is 5.81. The van der Waals surface area contributed by atoms with Crippen molar-refractivity contribution in [2.75, 3.05) is 7.05 Å². The zero-order chi connectivity index (χ0) is 12.1. The van der Waals surface area contributed by atoms with Crippen LogP contribution in [0.3, 0.4) is 0 Å². The Hall–Kier alpha value is -1.46. The van der Waals surface area contributed by atoms with Crippen LogP contribution in [0.1, 0.15) is 11.4 Å². The average molecular weight is 252 g/mol. The Morgan fingerprint density at radius 1 is 1.29 bits per heavy atom. The molecule has 0 aliphatic carbocycles. The summed E-state index contributed by atoms with van der Waals surface area (Å²) in [4.78, 5) is 0. The number of hydrogen-bond donors (Lipinski definition) is 1. The van der Waals surface area contributed by atoms with Crippen LogP contribution >= 0.6 is 11.6 Å². The van der Waals surface area contributed by atoms with Crippen LogP contribution in [0, 0.1) is 0 Å². The molecule has 0 bridgehead atoms. The molecule has 5 nitrogen and oxygen atoms in total. The lowest BCUT2D eigenvalue weighted by Gasteiger charge is -2.04. The summed E-state index contributed by atoms with van der Waals surface area (Å²) in [5, 5.41) is 15.4. The Morgan fingerprint density at radius 2 is 2.06 bits per heavy atom. The number of hydrogen-bond acceptors (Lipinski definition) is 4. The van der Waals surface area contributed by atoms with Gasteiger partial charge in [0.15, 0.2) is 5.82 Å². The molecule has 1 aromatic heterocycles. The molecule has 0 saturated carbocycles. The number of benzene rings is 1. The third-order valence-electron chi connectivity index (χ3n) is 2.47. The molecule has 1 aromatic carbocycles. The minimum absolute atomic E-state index is 0.674. The number of nitrogens with zero attached hydrogens (tertiary/aromatic N) is 4. The van der Waals surface area contributed by atoms with E-state index < -0.39 is 0 Å². The molecule has 0 radical (unpaired) electrons. The van der Waals surface area contributed by atoms with Crippen molar-refractivity contribution in [3.63, 3.8) is 0 Å². The summed E-state index contributed by atoms with van der Waals surface area (Å²) in [7, 11) is 1.87. The molecule has 90 valence electrons. The van der Waals surface area contributed by atoms with E-state index in [-0.39, 0.29) is 0 Å². The van der Waals surface area contributed by atoms with Crippen LogP contribution in [0.5, 0.6) is 0 Å². The molecule has 2 rings (SSSR count). The van der Waals surface area contributed by atoms with E-state index in [0.717, 1.165) is 23.8 Å². The Labute approximate surface area is 105 Å². The summed E-state index contributed by atoms with van der Waals surface area (Å²) in [6.07, 6.45) is 0.888. The van der Waals surface area contributed by atoms with E-state index in [1.165, 1.54) is 5.56 Å². The van der Waals surface area contributed by atoms with Gasteiger partial charge in [-0.25, -0.2) is 4.68 Å². The minimum Gasteiger partial charge on any atom is -0.313 e. The summed E-state index contributed by atoms with van der Waals surface area (Å²) in [5.41, 5.74) is 1.22. The van der Waals surface area contributed by atoms with Crippen molar-refractivity contribution < 1.29 is 0 Å². The molecule has 0 amide bonds. The minimum atomic E-state index is 0.674. The van der Waals surface area contributed by atoms with Crippen LogP contribution in [-0.4, -0.2) is 27.3 Å². The summed E-state index contributed by atoms with van der Waals surface area (Å²) in [6, 6.07) is 7.82. The van der Waals surface area contributed by atoms with Gasteiger partial charge in [0.25, 0.3) is 0 Å². The molecule has 6 heteroatoms. The zero-order valence-electron chi connectivity index (χ0n) is 9.60. The fourth-order valence-electron chi connectivity index (χ4n) is 1.57. The van der Waals surface area contributed by atoms with Crippen molar-refractivity contribution in [1.29, 1.82) is 0 Å². The Morgan fingerprint density at radius 3 is 2.76 bits per heavy atom. The first kappa shape index (κ1) is 12.0. The SMILES string of the molecule is CNCc1nnnn1CCc1ccc(Cl)cc1. The van der Waals surface area contributed by atoms with Gasteiger partial charge in [-0.05, 0) is 41.6 Å². The maximum absolute atomic E-state index is 5.83. The molecule has 1 N–H and O–H groups in total. The van der Waals surface area contributed by atoms with Crippen molar-refractivity contribution in [3.05, 3.63) is 40.7 Å². The number of halogens is 1. The fourth-order valence-corrected chi connectivity index (χ4v) is 1.69. The molecule has 0 saturated heterocycles. The van der Waals surface area contributed by atoms with E-state index in [2.05, 4.69) is 20.8 Å². The molecule has 17 heavy (non-hydrogen) atoms. The highest BCUT2D eigenvalue weighted by Gasteiger charge is 2.04. The summed E-state index contributed by atoms with van der Waals surface area (Å²) in [6.45, 7) is 1.44. The lowest BCUT2D eigenvalue weighted by Crippen LogP contribution is -2.14. The molecule has 0 unspecified atom stereocenters. The van der Waals surface area contributed by atoms with Crippen LogP contribution in [0.4, 0.5) is 0 Å². The van der Waals surface area contributed by atoms with Gasteiger partial charge in [-0.3, -0.25) is 0 Å². The third-order valence-corrected chi connectivity index (χ3v) is 2.72. The maximum atomic E-state index is 5.83. The normalized spacial score (nSPS) is 10.7. The average Bonchev–Trinajstić information content (AvgIpc) is 2.77. The van der Waals surface area contributed by atoms with Crippen LogP contribution < -0.4 is 5.32 Å². The maximum Gasteiger partial charge on any atom is 0.165 e. The van der Waals surface area contributed by atoms with Crippen LogP contribution in [0.2, 0.25) is 5.02 Å². The monoisotopic (exact) mass is 251 g/mol. The number of aryl methyl sites for hydroxylation is 2. The first-order valence-electron chi connectivity index (χ1n) is 5.43. The van der Waals surface area contributed by atoms with E-state index >= 15 is 0 Å². The highest BCUT2D eigenvalue weighted by atomic mass is 35.5. The van der Waals surface area contributed by atoms with E-state index in [0.29, 0.717) is 6.54 Å². The topological polar surface area (TPSA) is 55.6 Å². The molecule has 0 aliphatic rings. The molecular weight excluding hydrogens is 238 g/mol. The number of rotatable bonds is 5. The molecule has 0 fully saturated rings. The summed E-state index contributed by atoms with van der Waals surface area (Å²) in [5.74, 6) is 0.849. The van der Waals surface area contributed by atoms with Gasteiger partial charge in [0, 0.05) is 11.6 Å².